The first-order valence-corrected chi connectivity index (χ1v) is 8.87. The molecule has 2 heterocycles. The third-order valence-corrected chi connectivity index (χ3v) is 5.36. The molecular weight excluding hydrogens is 318 g/mol. The van der Waals surface area contributed by atoms with Gasteiger partial charge in [-0.3, -0.25) is 4.79 Å². The van der Waals surface area contributed by atoms with E-state index in [2.05, 4.69) is 4.40 Å². The van der Waals surface area contributed by atoms with Crippen LogP contribution in [0.15, 0.2) is 33.6 Å². The van der Waals surface area contributed by atoms with Crippen molar-refractivity contribution in [3.8, 4) is 0 Å². The van der Waals surface area contributed by atoms with E-state index in [1.165, 1.54) is 6.07 Å². The van der Waals surface area contributed by atoms with Crippen LogP contribution in [0.4, 0.5) is 0 Å². The van der Waals surface area contributed by atoms with E-state index in [0.29, 0.717) is 31.2 Å². The SMILES string of the molecule is CC1COCCN1C(=O)CN(C)C1=NS(=O)(=O)c2ccccc21. The fourth-order valence-corrected chi connectivity index (χ4v) is 4.08. The molecular formula is C15H19N3O4S. The molecule has 1 atom stereocenters. The third-order valence-electron chi connectivity index (χ3n) is 4.03. The maximum absolute atomic E-state index is 12.5. The number of amides is 1. The number of ether oxygens (including phenoxy) is 1. The molecule has 0 aromatic heterocycles. The lowest BCUT2D eigenvalue weighted by Crippen LogP contribution is -2.50. The van der Waals surface area contributed by atoms with Crippen LogP contribution in [0.1, 0.15) is 12.5 Å². The molecule has 3 rings (SSSR count). The van der Waals surface area contributed by atoms with Gasteiger partial charge in [-0.25, -0.2) is 0 Å². The average Bonchev–Trinajstić information content (AvgIpc) is 2.80. The van der Waals surface area contributed by atoms with Crippen molar-refractivity contribution in [2.75, 3.05) is 33.4 Å². The Morgan fingerprint density at radius 3 is 2.91 bits per heavy atom. The first-order valence-electron chi connectivity index (χ1n) is 7.43. The minimum Gasteiger partial charge on any atom is -0.377 e. The summed E-state index contributed by atoms with van der Waals surface area (Å²) >= 11 is 0. The van der Waals surface area contributed by atoms with Gasteiger partial charge < -0.3 is 14.5 Å². The second-order valence-electron chi connectivity index (χ2n) is 5.75. The number of benzene rings is 1. The van der Waals surface area contributed by atoms with Crippen molar-refractivity contribution < 1.29 is 17.9 Å². The molecule has 1 fully saturated rings. The summed E-state index contributed by atoms with van der Waals surface area (Å²) in [6.45, 7) is 3.61. The highest BCUT2D eigenvalue weighted by Gasteiger charge is 2.32. The molecule has 23 heavy (non-hydrogen) atoms. The van der Waals surface area contributed by atoms with Gasteiger partial charge in [0, 0.05) is 19.2 Å². The molecule has 0 saturated carbocycles. The molecule has 1 amide bonds. The highest BCUT2D eigenvalue weighted by Crippen LogP contribution is 2.26. The lowest BCUT2D eigenvalue weighted by molar-refractivity contribution is -0.139. The van der Waals surface area contributed by atoms with Crippen molar-refractivity contribution in [2.45, 2.75) is 17.9 Å². The molecule has 0 radical (unpaired) electrons. The van der Waals surface area contributed by atoms with Gasteiger partial charge in [0.15, 0.2) is 5.84 Å². The largest absolute Gasteiger partial charge is 0.377 e. The van der Waals surface area contributed by atoms with Crippen LogP contribution in [-0.2, 0) is 19.6 Å². The Morgan fingerprint density at radius 2 is 2.17 bits per heavy atom. The predicted molar refractivity (Wildman–Crippen MR) is 84.8 cm³/mol. The monoisotopic (exact) mass is 337 g/mol. The fraction of sp³-hybridized carbons (Fsp3) is 0.467. The third kappa shape index (κ3) is 2.96. The standard InChI is InChI=1S/C15H19N3O4S/c1-11-10-22-8-7-18(11)14(19)9-17(2)15-12-5-3-4-6-13(12)23(20,21)16-15/h3-6,11H,7-10H2,1-2H3. The summed E-state index contributed by atoms with van der Waals surface area (Å²) in [6, 6.07) is 6.67. The van der Waals surface area contributed by atoms with Crippen molar-refractivity contribution in [1.82, 2.24) is 9.80 Å². The number of hydrogen-bond acceptors (Lipinski definition) is 5. The molecule has 0 spiro atoms. The Hall–Kier alpha value is -1.93. The summed E-state index contributed by atoms with van der Waals surface area (Å²) in [5, 5.41) is 0. The van der Waals surface area contributed by atoms with E-state index in [1.54, 1.807) is 35.0 Å². The Kier molecular flexibility index (Phi) is 4.11. The minimum atomic E-state index is -3.67. The van der Waals surface area contributed by atoms with E-state index in [1.807, 2.05) is 6.92 Å². The fourth-order valence-electron chi connectivity index (χ4n) is 2.83. The second-order valence-corrected chi connectivity index (χ2v) is 7.33. The van der Waals surface area contributed by atoms with Crippen LogP contribution in [0.3, 0.4) is 0 Å². The van der Waals surface area contributed by atoms with Crippen molar-refractivity contribution >= 4 is 21.8 Å². The van der Waals surface area contributed by atoms with Gasteiger partial charge in [-0.1, -0.05) is 12.1 Å². The highest BCUT2D eigenvalue weighted by atomic mass is 32.2. The molecule has 0 bridgehead atoms. The van der Waals surface area contributed by atoms with Crippen LogP contribution in [0.25, 0.3) is 0 Å². The Labute approximate surface area is 135 Å². The van der Waals surface area contributed by atoms with Gasteiger partial charge >= 0.3 is 0 Å². The van der Waals surface area contributed by atoms with Crippen LogP contribution in [0.2, 0.25) is 0 Å². The van der Waals surface area contributed by atoms with Crippen LogP contribution >= 0.6 is 0 Å². The summed E-state index contributed by atoms with van der Waals surface area (Å²) < 4.78 is 33.3. The Balaban J connectivity index is 1.79. The van der Waals surface area contributed by atoms with E-state index in [0.717, 1.165) is 0 Å². The van der Waals surface area contributed by atoms with Crippen LogP contribution in [-0.4, -0.2) is 69.4 Å². The predicted octanol–water partition coefficient (Wildman–Crippen LogP) is 0.315. The van der Waals surface area contributed by atoms with Gasteiger partial charge in [-0.2, -0.15) is 8.42 Å². The number of morpholine rings is 1. The van der Waals surface area contributed by atoms with Crippen molar-refractivity contribution in [3.63, 3.8) is 0 Å². The maximum Gasteiger partial charge on any atom is 0.285 e. The van der Waals surface area contributed by atoms with E-state index >= 15 is 0 Å². The number of hydrogen-bond donors (Lipinski definition) is 0. The Morgan fingerprint density at radius 1 is 1.43 bits per heavy atom. The van der Waals surface area contributed by atoms with Crippen molar-refractivity contribution in [3.05, 3.63) is 29.8 Å². The average molecular weight is 337 g/mol. The first kappa shape index (κ1) is 15.9. The number of rotatable bonds is 2. The first-order chi connectivity index (χ1) is 10.9. The zero-order chi connectivity index (χ0) is 16.6. The molecule has 1 saturated heterocycles. The molecule has 0 aliphatic carbocycles. The molecule has 7 nitrogen and oxygen atoms in total. The van der Waals surface area contributed by atoms with Crippen LogP contribution in [0, 0.1) is 0 Å². The molecule has 124 valence electrons. The molecule has 2 aliphatic rings. The zero-order valence-electron chi connectivity index (χ0n) is 13.1. The molecule has 0 N–H and O–H groups in total. The van der Waals surface area contributed by atoms with Gasteiger partial charge in [0.05, 0.1) is 25.8 Å². The minimum absolute atomic E-state index is 0.0196. The quantitative estimate of drug-likeness (QED) is 0.776. The number of fused-ring (bicyclic) bond motifs is 1. The van der Waals surface area contributed by atoms with Crippen LogP contribution < -0.4 is 0 Å². The van der Waals surface area contributed by atoms with E-state index in [9.17, 15) is 13.2 Å². The summed E-state index contributed by atoms with van der Waals surface area (Å²) in [6.07, 6.45) is 0. The zero-order valence-corrected chi connectivity index (χ0v) is 13.9. The molecule has 2 aliphatic heterocycles. The van der Waals surface area contributed by atoms with Gasteiger partial charge in [0.2, 0.25) is 5.91 Å². The normalized spacial score (nSPS) is 22.4. The van der Waals surface area contributed by atoms with E-state index in [-0.39, 0.29) is 23.4 Å². The number of likely N-dealkylation sites (N-methyl/N-ethyl adjacent to an activating group) is 1. The molecule has 1 unspecified atom stereocenters. The van der Waals surface area contributed by atoms with Gasteiger partial charge in [0.25, 0.3) is 10.0 Å². The number of nitrogens with zero attached hydrogens (tertiary/aromatic N) is 3. The molecule has 1 aromatic rings. The summed E-state index contributed by atoms with van der Waals surface area (Å²) in [7, 11) is -1.99. The number of carbonyl (C=O) groups excluding carboxylic acids is 1. The molecule has 1 aromatic carbocycles. The number of amidine groups is 1. The number of carbonyl (C=O) groups is 1. The summed E-state index contributed by atoms with van der Waals surface area (Å²) in [5.74, 6) is 0.252. The summed E-state index contributed by atoms with van der Waals surface area (Å²) in [5.41, 5.74) is 0.540. The lowest BCUT2D eigenvalue weighted by atomic mass is 10.2. The van der Waals surface area contributed by atoms with Crippen molar-refractivity contribution in [1.29, 1.82) is 0 Å². The van der Waals surface area contributed by atoms with Crippen LogP contribution in [0.5, 0.6) is 0 Å². The van der Waals surface area contributed by atoms with E-state index in [4.69, 9.17) is 4.74 Å². The Bertz CT molecular complexity index is 760. The maximum atomic E-state index is 12.5. The van der Waals surface area contributed by atoms with Gasteiger partial charge in [0.1, 0.15) is 4.90 Å². The highest BCUT2D eigenvalue weighted by molar-refractivity contribution is 7.90. The smallest absolute Gasteiger partial charge is 0.285 e. The van der Waals surface area contributed by atoms with Crippen molar-refractivity contribution in [2.24, 2.45) is 4.40 Å². The second kappa shape index (κ2) is 5.93. The molecule has 8 heteroatoms. The van der Waals surface area contributed by atoms with Gasteiger partial charge in [-0.15, -0.1) is 4.40 Å². The summed E-state index contributed by atoms with van der Waals surface area (Å²) in [4.78, 5) is 16.0. The van der Waals surface area contributed by atoms with E-state index < -0.39 is 10.0 Å². The topological polar surface area (TPSA) is 79.3 Å². The lowest BCUT2D eigenvalue weighted by Gasteiger charge is -2.34. The van der Waals surface area contributed by atoms with Gasteiger partial charge in [-0.05, 0) is 19.1 Å². The number of sulfonamides is 1.